The highest BCUT2D eigenvalue weighted by Crippen LogP contribution is 2.45. The molecule has 0 bridgehead atoms. The van der Waals surface area contributed by atoms with Gasteiger partial charge >= 0.3 is 39.5 Å². The number of esters is 4. The molecule has 0 aliphatic rings. The Hall–Kier alpha value is -1.94. The molecule has 0 heterocycles. The van der Waals surface area contributed by atoms with E-state index >= 15 is 0 Å². The second-order valence-corrected chi connectivity index (χ2v) is 29.7. The number of hydrogen-bond donors (Lipinski definition) is 3. The van der Waals surface area contributed by atoms with Crippen LogP contribution >= 0.6 is 15.6 Å². The number of ether oxygens (including phenoxy) is 4. The molecule has 0 aromatic rings. The van der Waals surface area contributed by atoms with Gasteiger partial charge in [0.15, 0.2) is 12.2 Å². The van der Waals surface area contributed by atoms with Crippen LogP contribution in [-0.4, -0.2) is 96.7 Å². The zero-order chi connectivity index (χ0) is 67.7. The summed E-state index contributed by atoms with van der Waals surface area (Å²) < 4.78 is 68.4. The van der Waals surface area contributed by atoms with Gasteiger partial charge in [0, 0.05) is 25.7 Å². The van der Waals surface area contributed by atoms with Crippen LogP contribution in [0.1, 0.15) is 381 Å². The molecule has 2 unspecified atom stereocenters. The van der Waals surface area contributed by atoms with E-state index in [1.54, 1.807) is 0 Å². The predicted molar refractivity (Wildman–Crippen MR) is 372 cm³/mol. The fraction of sp³-hybridized carbons (Fsp3) is 0.945. The van der Waals surface area contributed by atoms with E-state index < -0.39 is 97.5 Å². The SMILES string of the molecule is CCCCCCCCCCCCCCCCCCCC(=O)O[C@H](COC(=O)CCCCCCCCCCCCCCCC)COP(=O)(O)OC[C@@H](O)COP(=O)(O)OC[C@@H](COC(=O)CCCCCCCCCCC)OC(=O)CCCCCCCCCCCC(C)C. The summed E-state index contributed by atoms with van der Waals surface area (Å²) in [7, 11) is -9.90. The molecular formula is C73H142O17P2. The molecule has 19 heteroatoms. The van der Waals surface area contributed by atoms with E-state index in [4.69, 9.17) is 37.0 Å². The van der Waals surface area contributed by atoms with Crippen molar-refractivity contribution < 1.29 is 80.2 Å². The maximum Gasteiger partial charge on any atom is 0.472 e. The lowest BCUT2D eigenvalue weighted by Crippen LogP contribution is -2.30. The van der Waals surface area contributed by atoms with Gasteiger partial charge in [0.05, 0.1) is 26.4 Å². The van der Waals surface area contributed by atoms with Crippen LogP contribution < -0.4 is 0 Å². The molecule has 17 nitrogen and oxygen atoms in total. The topological polar surface area (TPSA) is 237 Å². The van der Waals surface area contributed by atoms with Gasteiger partial charge in [-0.25, -0.2) is 9.13 Å². The zero-order valence-electron chi connectivity index (χ0n) is 59.7. The van der Waals surface area contributed by atoms with E-state index in [0.717, 1.165) is 95.8 Å². The monoisotopic (exact) mass is 1350 g/mol. The summed E-state index contributed by atoms with van der Waals surface area (Å²) in [6.07, 6.45) is 54.0. The average Bonchev–Trinajstić information content (AvgIpc) is 3.56. The minimum Gasteiger partial charge on any atom is -0.462 e. The van der Waals surface area contributed by atoms with Crippen LogP contribution in [0.15, 0.2) is 0 Å². The smallest absolute Gasteiger partial charge is 0.462 e. The van der Waals surface area contributed by atoms with Gasteiger partial charge in [-0.3, -0.25) is 37.3 Å². The van der Waals surface area contributed by atoms with E-state index in [0.29, 0.717) is 25.7 Å². The summed E-state index contributed by atoms with van der Waals surface area (Å²) in [6.45, 7) is 7.24. The van der Waals surface area contributed by atoms with Crippen LogP contribution in [0.3, 0.4) is 0 Å². The van der Waals surface area contributed by atoms with Crippen molar-refractivity contribution in [3.63, 3.8) is 0 Å². The Labute approximate surface area is 562 Å². The molecule has 0 radical (unpaired) electrons. The van der Waals surface area contributed by atoms with Crippen molar-refractivity contribution in [2.24, 2.45) is 5.92 Å². The van der Waals surface area contributed by atoms with Crippen LogP contribution in [0.4, 0.5) is 0 Å². The fourth-order valence-corrected chi connectivity index (χ4v) is 12.8. The first-order valence-electron chi connectivity index (χ1n) is 38.1. The average molecular weight is 1350 g/mol. The second kappa shape index (κ2) is 66.3. The molecule has 0 saturated heterocycles. The van der Waals surface area contributed by atoms with E-state index in [-0.39, 0.29) is 25.7 Å². The van der Waals surface area contributed by atoms with E-state index in [2.05, 4.69) is 34.6 Å². The Morgan fingerprint density at radius 2 is 0.500 bits per heavy atom. The van der Waals surface area contributed by atoms with E-state index in [9.17, 15) is 43.2 Å². The fourth-order valence-electron chi connectivity index (χ4n) is 11.2. The number of hydrogen-bond acceptors (Lipinski definition) is 15. The van der Waals surface area contributed by atoms with Crippen molar-refractivity contribution in [2.45, 2.75) is 400 Å². The molecule has 0 amide bonds. The maximum atomic E-state index is 13.1. The lowest BCUT2D eigenvalue weighted by molar-refractivity contribution is -0.161. The zero-order valence-corrected chi connectivity index (χ0v) is 61.5. The van der Waals surface area contributed by atoms with Crippen molar-refractivity contribution in [2.75, 3.05) is 39.6 Å². The van der Waals surface area contributed by atoms with Gasteiger partial charge in [-0.05, 0) is 31.6 Å². The van der Waals surface area contributed by atoms with Gasteiger partial charge in [-0.2, -0.15) is 0 Å². The van der Waals surface area contributed by atoms with Gasteiger partial charge in [-0.1, -0.05) is 330 Å². The van der Waals surface area contributed by atoms with Crippen LogP contribution in [0.25, 0.3) is 0 Å². The Kier molecular flexibility index (Phi) is 64.9. The molecule has 0 fully saturated rings. The highest BCUT2D eigenvalue weighted by molar-refractivity contribution is 7.47. The number of phosphoric ester groups is 2. The van der Waals surface area contributed by atoms with Crippen LogP contribution in [0, 0.1) is 5.92 Å². The highest BCUT2D eigenvalue weighted by atomic mass is 31.2. The number of unbranched alkanes of at least 4 members (excludes halogenated alkanes) is 45. The van der Waals surface area contributed by atoms with Crippen LogP contribution in [-0.2, 0) is 65.4 Å². The third-order valence-electron chi connectivity index (χ3n) is 17.0. The third kappa shape index (κ3) is 66.7. The standard InChI is InChI=1S/C73H142O17P2/c1-6-9-12-15-18-21-23-25-27-28-29-31-33-38-43-48-53-58-72(77)89-69(63-84-71(76)57-52-47-42-37-32-30-26-24-22-19-16-13-10-7-2)65-88-92(81,82)86-61-67(74)60-85-91(79,80)87-64-68(62-83-70(75)56-51-46-41-35-20-17-14-11-8-3)90-73(78)59-54-49-44-39-34-36-40-45-50-55-66(4)5/h66-69,74H,6-65H2,1-5H3,(H,79,80)(H,81,82)/t67-,68+,69+/m0/s1. The number of phosphoric acid groups is 2. The summed E-state index contributed by atoms with van der Waals surface area (Å²) in [5, 5.41) is 10.6. The summed E-state index contributed by atoms with van der Waals surface area (Å²) in [4.78, 5) is 72.6. The van der Waals surface area contributed by atoms with E-state index in [1.165, 1.54) is 205 Å². The second-order valence-electron chi connectivity index (χ2n) is 26.8. The normalized spacial score (nSPS) is 14.0. The van der Waals surface area contributed by atoms with Crippen molar-refractivity contribution in [3.05, 3.63) is 0 Å². The Morgan fingerprint density at radius 3 is 0.739 bits per heavy atom. The molecule has 0 saturated carbocycles. The number of carbonyl (C=O) groups excluding carboxylic acids is 4. The highest BCUT2D eigenvalue weighted by Gasteiger charge is 2.30. The summed E-state index contributed by atoms with van der Waals surface area (Å²) >= 11 is 0. The van der Waals surface area contributed by atoms with Crippen molar-refractivity contribution in [3.8, 4) is 0 Å². The lowest BCUT2D eigenvalue weighted by Gasteiger charge is -2.21. The number of carbonyl (C=O) groups is 4. The van der Waals surface area contributed by atoms with Crippen molar-refractivity contribution in [1.82, 2.24) is 0 Å². The minimum atomic E-state index is -4.95. The lowest BCUT2D eigenvalue weighted by atomic mass is 10.0. The van der Waals surface area contributed by atoms with Gasteiger partial charge in [0.25, 0.3) is 0 Å². The van der Waals surface area contributed by atoms with Gasteiger partial charge in [-0.15, -0.1) is 0 Å². The Morgan fingerprint density at radius 1 is 0.293 bits per heavy atom. The van der Waals surface area contributed by atoms with Gasteiger partial charge < -0.3 is 33.8 Å². The first kappa shape index (κ1) is 90.1. The summed E-state index contributed by atoms with van der Waals surface area (Å²) in [5.74, 6) is -1.38. The number of rotatable bonds is 73. The predicted octanol–water partition coefficient (Wildman–Crippen LogP) is 21.3. The summed E-state index contributed by atoms with van der Waals surface area (Å²) in [5.41, 5.74) is 0. The van der Waals surface area contributed by atoms with E-state index in [1.807, 2.05) is 0 Å². The number of aliphatic hydroxyl groups is 1. The largest absolute Gasteiger partial charge is 0.472 e. The molecule has 0 aliphatic heterocycles. The molecule has 0 aromatic carbocycles. The van der Waals surface area contributed by atoms with Crippen molar-refractivity contribution >= 4 is 39.5 Å². The molecule has 546 valence electrons. The Balaban J connectivity index is 5.23. The van der Waals surface area contributed by atoms with Crippen LogP contribution in [0.2, 0.25) is 0 Å². The molecule has 0 aliphatic carbocycles. The molecule has 3 N–H and O–H groups in total. The molecular weight excluding hydrogens is 1210 g/mol. The Bertz CT molecular complexity index is 1770. The van der Waals surface area contributed by atoms with Gasteiger partial charge in [0.2, 0.25) is 0 Å². The van der Waals surface area contributed by atoms with Gasteiger partial charge in [0.1, 0.15) is 19.3 Å². The minimum absolute atomic E-state index is 0.106. The first-order chi connectivity index (χ1) is 44.5. The molecule has 0 rings (SSSR count). The molecule has 5 atom stereocenters. The quantitative estimate of drug-likeness (QED) is 0.0222. The number of aliphatic hydroxyl groups excluding tert-OH is 1. The summed E-state index contributed by atoms with van der Waals surface area (Å²) in [6, 6.07) is 0. The molecule has 92 heavy (non-hydrogen) atoms. The first-order valence-corrected chi connectivity index (χ1v) is 41.1. The molecule has 0 aromatic heterocycles. The maximum absolute atomic E-state index is 13.1. The van der Waals surface area contributed by atoms with Crippen LogP contribution in [0.5, 0.6) is 0 Å². The third-order valence-corrected chi connectivity index (χ3v) is 18.9. The molecule has 0 spiro atoms. The van der Waals surface area contributed by atoms with Crippen molar-refractivity contribution in [1.29, 1.82) is 0 Å².